The van der Waals surface area contributed by atoms with Crippen LogP contribution in [0.4, 0.5) is 0 Å². The average molecular weight is 360 g/mol. The van der Waals surface area contributed by atoms with Crippen molar-refractivity contribution in [2.24, 2.45) is 0 Å². The molecule has 9 nitrogen and oxygen atoms in total. The number of aliphatic hydroxyl groups excluding tert-OH is 1. The van der Waals surface area contributed by atoms with E-state index in [2.05, 4.69) is 0 Å². The van der Waals surface area contributed by atoms with Crippen molar-refractivity contribution in [3.8, 4) is 0 Å². The Bertz CT molecular complexity index is 496. The predicted molar refractivity (Wildman–Crippen MR) is 83.3 cm³/mol. The van der Waals surface area contributed by atoms with E-state index < -0.39 is 36.5 Å². The molecule has 0 saturated heterocycles. The number of esters is 3. The molecule has 0 aromatic heterocycles. The van der Waals surface area contributed by atoms with Crippen LogP contribution in [0.2, 0.25) is 0 Å². The molecule has 0 rings (SSSR count). The minimum atomic E-state index is -0.921. The molecule has 0 bridgehead atoms. The van der Waals surface area contributed by atoms with E-state index in [-0.39, 0.29) is 44.0 Å². The van der Waals surface area contributed by atoms with Crippen LogP contribution >= 0.6 is 0 Å². The summed E-state index contributed by atoms with van der Waals surface area (Å²) in [5.41, 5.74) is 0. The van der Waals surface area contributed by atoms with Gasteiger partial charge < -0.3 is 19.3 Å². The Morgan fingerprint density at radius 2 is 1.44 bits per heavy atom. The van der Waals surface area contributed by atoms with Crippen LogP contribution in [-0.4, -0.2) is 60.0 Å². The lowest BCUT2D eigenvalue weighted by Gasteiger charge is -2.18. The Morgan fingerprint density at radius 1 is 0.880 bits per heavy atom. The Morgan fingerprint density at radius 3 is 1.96 bits per heavy atom. The summed E-state index contributed by atoms with van der Waals surface area (Å²) in [6.45, 7) is 3.43. The maximum atomic E-state index is 11.6. The van der Waals surface area contributed by atoms with Crippen LogP contribution in [0.1, 0.15) is 46.5 Å². The number of aliphatic hydroxyl groups is 1. The number of ether oxygens (including phenoxy) is 3. The monoisotopic (exact) mass is 360 g/mol. The molecule has 0 radical (unpaired) electrons. The SMILES string of the molecule is CC(=O)CC(=O)OCC[C@@H](COC(=O)CC(C)O)OC(=O)CC(C)=O. The number of carbonyl (C=O) groups is 5. The lowest BCUT2D eigenvalue weighted by Crippen LogP contribution is -2.28. The molecule has 1 N–H and O–H groups in total. The first-order valence-electron chi connectivity index (χ1n) is 7.77. The Kier molecular flexibility index (Phi) is 11.0. The number of Topliss-reactive ketones (excluding diaryl/α,β-unsaturated/α-hetero) is 2. The zero-order valence-corrected chi connectivity index (χ0v) is 14.6. The predicted octanol–water partition coefficient (Wildman–Crippen LogP) is 0.104. The lowest BCUT2D eigenvalue weighted by atomic mass is 10.2. The third-order valence-electron chi connectivity index (χ3n) is 2.68. The zero-order valence-electron chi connectivity index (χ0n) is 14.6. The van der Waals surface area contributed by atoms with Crippen LogP contribution in [-0.2, 0) is 38.2 Å². The van der Waals surface area contributed by atoms with Gasteiger partial charge in [-0.1, -0.05) is 0 Å². The quantitative estimate of drug-likeness (QED) is 0.292. The molecule has 0 amide bonds. The number of carbonyl (C=O) groups excluding carboxylic acids is 5. The first-order valence-corrected chi connectivity index (χ1v) is 7.77. The van der Waals surface area contributed by atoms with Crippen molar-refractivity contribution in [1.82, 2.24) is 0 Å². The van der Waals surface area contributed by atoms with Crippen molar-refractivity contribution in [2.75, 3.05) is 13.2 Å². The van der Waals surface area contributed by atoms with Gasteiger partial charge in [0.1, 0.15) is 37.1 Å². The molecule has 0 aliphatic heterocycles. The molecule has 0 fully saturated rings. The summed E-state index contributed by atoms with van der Waals surface area (Å²) in [4.78, 5) is 56.0. The standard InChI is InChI=1S/C16H24O9/c1-10(17)6-14(20)23-5-4-13(25-16(22)8-12(3)19)9-24-15(21)7-11(2)18/h11,13,18H,4-9H2,1-3H3/t11?,13-/m0/s1. The molecule has 142 valence electrons. The second kappa shape index (κ2) is 12.1. The fourth-order valence-corrected chi connectivity index (χ4v) is 1.65. The topological polar surface area (TPSA) is 133 Å². The van der Waals surface area contributed by atoms with E-state index >= 15 is 0 Å². The fourth-order valence-electron chi connectivity index (χ4n) is 1.65. The second-order valence-electron chi connectivity index (χ2n) is 5.61. The van der Waals surface area contributed by atoms with E-state index in [9.17, 15) is 24.0 Å². The zero-order chi connectivity index (χ0) is 19.4. The van der Waals surface area contributed by atoms with E-state index in [0.29, 0.717) is 0 Å². The first-order chi connectivity index (χ1) is 11.6. The van der Waals surface area contributed by atoms with Crippen LogP contribution in [0.15, 0.2) is 0 Å². The van der Waals surface area contributed by atoms with Gasteiger partial charge in [0.2, 0.25) is 0 Å². The van der Waals surface area contributed by atoms with Crippen LogP contribution in [0.5, 0.6) is 0 Å². The molecule has 0 saturated carbocycles. The van der Waals surface area contributed by atoms with Crippen molar-refractivity contribution >= 4 is 29.5 Å². The summed E-state index contributed by atoms with van der Waals surface area (Å²) in [6, 6.07) is 0. The average Bonchev–Trinajstić information content (AvgIpc) is 2.41. The number of ketones is 2. The van der Waals surface area contributed by atoms with Gasteiger partial charge in [-0.05, 0) is 20.8 Å². The largest absolute Gasteiger partial charge is 0.465 e. The van der Waals surface area contributed by atoms with E-state index in [1.807, 2.05) is 0 Å². The third kappa shape index (κ3) is 13.8. The van der Waals surface area contributed by atoms with Crippen molar-refractivity contribution in [3.05, 3.63) is 0 Å². The minimum absolute atomic E-state index is 0.0231. The highest BCUT2D eigenvalue weighted by atomic mass is 16.6. The van der Waals surface area contributed by atoms with Crippen molar-refractivity contribution < 1.29 is 43.3 Å². The normalized spacial score (nSPS) is 12.6. The Hall–Kier alpha value is -2.29. The van der Waals surface area contributed by atoms with Gasteiger partial charge in [-0.3, -0.25) is 24.0 Å². The van der Waals surface area contributed by atoms with Crippen LogP contribution in [0.3, 0.4) is 0 Å². The van der Waals surface area contributed by atoms with E-state index in [1.165, 1.54) is 20.8 Å². The van der Waals surface area contributed by atoms with Crippen LogP contribution < -0.4 is 0 Å². The summed E-state index contributed by atoms with van der Waals surface area (Å²) in [5, 5.41) is 9.10. The molecule has 25 heavy (non-hydrogen) atoms. The van der Waals surface area contributed by atoms with Gasteiger partial charge in [0, 0.05) is 6.42 Å². The van der Waals surface area contributed by atoms with E-state index in [0.717, 1.165) is 0 Å². The maximum Gasteiger partial charge on any atom is 0.313 e. The van der Waals surface area contributed by atoms with Gasteiger partial charge in [-0.2, -0.15) is 0 Å². The van der Waals surface area contributed by atoms with Crippen molar-refractivity contribution in [3.63, 3.8) is 0 Å². The highest BCUT2D eigenvalue weighted by Gasteiger charge is 2.19. The first kappa shape index (κ1) is 22.7. The van der Waals surface area contributed by atoms with Crippen molar-refractivity contribution in [1.29, 1.82) is 0 Å². The van der Waals surface area contributed by atoms with E-state index in [4.69, 9.17) is 19.3 Å². The fraction of sp³-hybridized carbons (Fsp3) is 0.688. The molecule has 1 unspecified atom stereocenters. The highest BCUT2D eigenvalue weighted by molar-refractivity contribution is 5.94. The second-order valence-corrected chi connectivity index (χ2v) is 5.61. The Labute approximate surface area is 145 Å². The van der Waals surface area contributed by atoms with Crippen molar-refractivity contribution in [2.45, 2.75) is 58.7 Å². The van der Waals surface area contributed by atoms with Crippen LogP contribution in [0, 0.1) is 0 Å². The lowest BCUT2D eigenvalue weighted by molar-refractivity contribution is -0.162. The molecule has 0 aromatic rings. The summed E-state index contributed by atoms with van der Waals surface area (Å²) < 4.78 is 14.7. The molecule has 0 spiro atoms. The summed E-state index contributed by atoms with van der Waals surface area (Å²) in [6.07, 6.45) is -2.79. The van der Waals surface area contributed by atoms with Gasteiger partial charge >= 0.3 is 17.9 Å². The smallest absolute Gasteiger partial charge is 0.313 e. The minimum Gasteiger partial charge on any atom is -0.465 e. The van der Waals surface area contributed by atoms with Gasteiger partial charge in [0.15, 0.2) is 0 Å². The number of rotatable bonds is 12. The number of hydrogen-bond acceptors (Lipinski definition) is 9. The summed E-state index contributed by atoms with van der Waals surface area (Å²) in [7, 11) is 0. The van der Waals surface area contributed by atoms with Gasteiger partial charge in [0.25, 0.3) is 0 Å². The molecule has 0 aliphatic rings. The maximum absolute atomic E-state index is 11.6. The van der Waals surface area contributed by atoms with Gasteiger partial charge in [0.05, 0.1) is 19.1 Å². The molecular formula is C16H24O9. The summed E-state index contributed by atoms with van der Waals surface area (Å²) in [5.74, 6) is -2.92. The molecular weight excluding hydrogens is 336 g/mol. The molecule has 0 aliphatic carbocycles. The Balaban J connectivity index is 4.48. The third-order valence-corrected chi connectivity index (χ3v) is 2.68. The molecule has 0 aromatic carbocycles. The molecule has 2 atom stereocenters. The molecule has 0 heterocycles. The number of hydrogen-bond donors (Lipinski definition) is 1. The van der Waals surface area contributed by atoms with Gasteiger partial charge in [-0.15, -0.1) is 0 Å². The van der Waals surface area contributed by atoms with E-state index in [1.54, 1.807) is 0 Å². The highest BCUT2D eigenvalue weighted by Crippen LogP contribution is 2.05. The van der Waals surface area contributed by atoms with Crippen LogP contribution in [0.25, 0.3) is 0 Å². The van der Waals surface area contributed by atoms with Gasteiger partial charge in [-0.25, -0.2) is 0 Å². The summed E-state index contributed by atoms with van der Waals surface area (Å²) >= 11 is 0. The molecule has 9 heteroatoms.